The van der Waals surface area contributed by atoms with E-state index in [9.17, 15) is 0 Å². The van der Waals surface area contributed by atoms with Crippen LogP contribution in [0.25, 0.3) is 0 Å². The van der Waals surface area contributed by atoms with E-state index in [2.05, 4.69) is 21.2 Å². The topological polar surface area (TPSA) is 83.2 Å². The van der Waals surface area contributed by atoms with Gasteiger partial charge in [0.2, 0.25) is 5.13 Å². The summed E-state index contributed by atoms with van der Waals surface area (Å²) in [5, 5.41) is 8.34. The number of anilines is 1. The van der Waals surface area contributed by atoms with E-state index in [-0.39, 0.29) is 0 Å². The van der Waals surface area contributed by atoms with Crippen molar-refractivity contribution in [2.75, 3.05) is 18.9 Å². The highest BCUT2D eigenvalue weighted by atomic mass is 32.1. The van der Waals surface area contributed by atoms with Crippen molar-refractivity contribution in [3.05, 3.63) is 29.6 Å². The Hall–Kier alpha value is -1.73. The molecule has 1 saturated heterocycles. The average molecular weight is 278 g/mol. The summed E-state index contributed by atoms with van der Waals surface area (Å²) >= 11 is 1.22. The number of ether oxygens (including phenoxy) is 2. The van der Waals surface area contributed by atoms with Crippen molar-refractivity contribution in [1.29, 1.82) is 0 Å². The van der Waals surface area contributed by atoms with E-state index in [1.165, 1.54) is 16.9 Å². The number of hydrogen-bond donors (Lipinski definition) is 1. The molecular weight excluding hydrogens is 264 g/mol. The van der Waals surface area contributed by atoms with E-state index in [4.69, 9.17) is 15.2 Å². The summed E-state index contributed by atoms with van der Waals surface area (Å²) in [4.78, 5) is 4.37. The molecule has 1 aliphatic rings. The summed E-state index contributed by atoms with van der Waals surface area (Å²) in [6.45, 7) is 2.11. The molecule has 0 atom stereocenters. The highest BCUT2D eigenvalue weighted by molar-refractivity contribution is 7.16. The highest BCUT2D eigenvalue weighted by Gasteiger charge is 2.18. The zero-order valence-electron chi connectivity index (χ0n) is 10.3. The SMILES string of the molecule is Nc1nnc(OCc2ccc(CC3COC3)cn2)s1. The zero-order valence-corrected chi connectivity index (χ0v) is 11.1. The Balaban J connectivity index is 1.53. The summed E-state index contributed by atoms with van der Waals surface area (Å²) in [6.07, 6.45) is 2.92. The lowest BCUT2D eigenvalue weighted by Crippen LogP contribution is -2.29. The molecular formula is C12H14N4O2S. The lowest BCUT2D eigenvalue weighted by atomic mass is 9.99. The maximum Gasteiger partial charge on any atom is 0.296 e. The van der Waals surface area contributed by atoms with Crippen LogP contribution in [0.3, 0.4) is 0 Å². The molecule has 0 saturated carbocycles. The molecule has 2 aromatic rings. The number of nitrogens with two attached hydrogens (primary N) is 1. The minimum Gasteiger partial charge on any atom is -0.462 e. The molecule has 0 aromatic carbocycles. The first kappa shape index (κ1) is 12.3. The summed E-state index contributed by atoms with van der Waals surface area (Å²) in [7, 11) is 0. The minimum absolute atomic E-state index is 0.376. The average Bonchev–Trinajstić information content (AvgIpc) is 2.79. The van der Waals surface area contributed by atoms with Gasteiger partial charge in [0.25, 0.3) is 5.19 Å². The van der Waals surface area contributed by atoms with Gasteiger partial charge in [0.05, 0.1) is 18.9 Å². The van der Waals surface area contributed by atoms with Gasteiger partial charge in [-0.1, -0.05) is 11.2 Å². The maximum absolute atomic E-state index is 5.47. The molecule has 0 aliphatic carbocycles. The van der Waals surface area contributed by atoms with Gasteiger partial charge in [0.15, 0.2) is 0 Å². The monoisotopic (exact) mass is 278 g/mol. The van der Waals surface area contributed by atoms with Crippen molar-refractivity contribution >= 4 is 16.5 Å². The molecule has 1 fully saturated rings. The molecule has 3 rings (SSSR count). The molecule has 1 aliphatic heterocycles. The number of aromatic nitrogens is 3. The van der Waals surface area contributed by atoms with Crippen molar-refractivity contribution in [1.82, 2.24) is 15.2 Å². The van der Waals surface area contributed by atoms with Crippen LogP contribution in [0, 0.1) is 5.92 Å². The van der Waals surface area contributed by atoms with Crippen molar-refractivity contribution in [3.8, 4) is 5.19 Å². The van der Waals surface area contributed by atoms with Crippen LogP contribution in [0.1, 0.15) is 11.3 Å². The van der Waals surface area contributed by atoms with Crippen molar-refractivity contribution in [2.45, 2.75) is 13.0 Å². The standard InChI is InChI=1S/C12H14N4O2S/c13-11-15-16-12(19-11)18-7-10-2-1-8(4-14-10)3-9-5-17-6-9/h1-2,4,9H,3,5-7H2,(H2,13,15). The predicted octanol–water partition coefficient (Wildman–Crippen LogP) is 1.28. The molecule has 0 unspecified atom stereocenters. The van der Waals surface area contributed by atoms with Crippen LogP contribution in [0.15, 0.2) is 18.3 Å². The second-order valence-corrected chi connectivity index (χ2v) is 5.43. The van der Waals surface area contributed by atoms with Gasteiger partial charge in [0, 0.05) is 12.1 Å². The van der Waals surface area contributed by atoms with Crippen molar-refractivity contribution in [2.24, 2.45) is 5.92 Å². The van der Waals surface area contributed by atoms with E-state index >= 15 is 0 Å². The third-order valence-corrected chi connectivity index (χ3v) is 3.55. The van der Waals surface area contributed by atoms with Gasteiger partial charge in [-0.2, -0.15) is 0 Å². The summed E-state index contributed by atoms with van der Waals surface area (Å²) in [5.41, 5.74) is 7.57. The Morgan fingerprint density at radius 2 is 2.26 bits per heavy atom. The maximum atomic E-state index is 5.47. The van der Waals surface area contributed by atoms with Gasteiger partial charge in [-0.25, -0.2) is 0 Å². The molecule has 0 bridgehead atoms. The molecule has 2 N–H and O–H groups in total. The van der Waals surface area contributed by atoms with E-state index in [1.54, 1.807) is 0 Å². The van der Waals surface area contributed by atoms with E-state index in [1.807, 2.05) is 12.3 Å². The lowest BCUT2D eigenvalue weighted by molar-refractivity contribution is -0.0312. The van der Waals surface area contributed by atoms with E-state index in [0.29, 0.717) is 22.9 Å². The molecule has 0 spiro atoms. The number of hydrogen-bond acceptors (Lipinski definition) is 7. The predicted molar refractivity (Wildman–Crippen MR) is 70.9 cm³/mol. The first-order valence-corrected chi connectivity index (χ1v) is 6.84. The van der Waals surface area contributed by atoms with Crippen LogP contribution in [0.5, 0.6) is 5.19 Å². The quantitative estimate of drug-likeness (QED) is 0.887. The fraction of sp³-hybridized carbons (Fsp3) is 0.417. The normalized spacial score (nSPS) is 15.2. The van der Waals surface area contributed by atoms with Crippen LogP contribution in [-0.2, 0) is 17.8 Å². The lowest BCUT2D eigenvalue weighted by Gasteiger charge is -2.25. The number of pyridine rings is 1. The summed E-state index contributed by atoms with van der Waals surface area (Å²) in [5.74, 6) is 0.647. The fourth-order valence-corrected chi connectivity index (χ4v) is 2.27. The largest absolute Gasteiger partial charge is 0.462 e. The van der Waals surface area contributed by atoms with Crippen molar-refractivity contribution in [3.63, 3.8) is 0 Å². The number of rotatable bonds is 5. The highest BCUT2D eigenvalue weighted by Crippen LogP contribution is 2.20. The van der Waals surface area contributed by atoms with Crippen molar-refractivity contribution < 1.29 is 9.47 Å². The number of nitrogen functional groups attached to an aromatic ring is 1. The van der Waals surface area contributed by atoms with Gasteiger partial charge in [-0.05, 0) is 29.4 Å². The van der Waals surface area contributed by atoms with Gasteiger partial charge in [-0.15, -0.1) is 5.10 Å². The van der Waals surface area contributed by atoms with Gasteiger partial charge >= 0.3 is 0 Å². The fourth-order valence-electron chi connectivity index (χ4n) is 1.81. The number of nitrogens with zero attached hydrogens (tertiary/aromatic N) is 3. The summed E-state index contributed by atoms with van der Waals surface area (Å²) < 4.78 is 10.6. The molecule has 0 radical (unpaired) electrons. The van der Waals surface area contributed by atoms with Crippen LogP contribution >= 0.6 is 11.3 Å². The van der Waals surface area contributed by atoms with Crippen LogP contribution in [-0.4, -0.2) is 28.4 Å². The summed E-state index contributed by atoms with van der Waals surface area (Å²) in [6, 6.07) is 4.05. The Labute approximate surface area is 114 Å². The van der Waals surface area contributed by atoms with Crippen LogP contribution in [0.4, 0.5) is 5.13 Å². The van der Waals surface area contributed by atoms with E-state index in [0.717, 1.165) is 25.3 Å². The third kappa shape index (κ3) is 3.18. The molecule has 3 heterocycles. The minimum atomic E-state index is 0.376. The third-order valence-electron chi connectivity index (χ3n) is 2.88. The Morgan fingerprint density at radius 1 is 1.37 bits per heavy atom. The molecule has 2 aromatic heterocycles. The zero-order chi connectivity index (χ0) is 13.1. The first-order valence-electron chi connectivity index (χ1n) is 6.03. The molecule has 100 valence electrons. The van der Waals surface area contributed by atoms with Gasteiger partial charge < -0.3 is 15.2 Å². The molecule has 6 nitrogen and oxygen atoms in total. The second-order valence-electron chi connectivity index (χ2n) is 4.46. The molecule has 19 heavy (non-hydrogen) atoms. The smallest absolute Gasteiger partial charge is 0.296 e. The second kappa shape index (κ2) is 5.50. The van der Waals surface area contributed by atoms with Crippen LogP contribution in [0.2, 0.25) is 0 Å². The van der Waals surface area contributed by atoms with Gasteiger partial charge in [-0.3, -0.25) is 4.98 Å². The Bertz CT molecular complexity index is 539. The molecule has 0 amide bonds. The van der Waals surface area contributed by atoms with E-state index < -0.39 is 0 Å². The van der Waals surface area contributed by atoms with Crippen LogP contribution < -0.4 is 10.5 Å². The molecule has 7 heteroatoms. The Kier molecular flexibility index (Phi) is 3.56. The Morgan fingerprint density at radius 3 is 2.84 bits per heavy atom. The van der Waals surface area contributed by atoms with Gasteiger partial charge in [0.1, 0.15) is 6.61 Å². The first-order chi connectivity index (χ1) is 9.29.